The van der Waals surface area contributed by atoms with Gasteiger partial charge >= 0.3 is 0 Å². The van der Waals surface area contributed by atoms with Gasteiger partial charge < -0.3 is 10.6 Å². The lowest BCUT2D eigenvalue weighted by atomic mass is 9.74. The Hall–Kier alpha value is -2.82. The van der Waals surface area contributed by atoms with Gasteiger partial charge in [0, 0.05) is 25.8 Å². The van der Waals surface area contributed by atoms with Gasteiger partial charge in [-0.05, 0) is 67.3 Å². The Morgan fingerprint density at radius 3 is 2.37 bits per heavy atom. The van der Waals surface area contributed by atoms with Gasteiger partial charge in [0.1, 0.15) is 5.54 Å². The molecule has 5 heteroatoms. The van der Waals surface area contributed by atoms with Crippen molar-refractivity contribution in [3.63, 3.8) is 0 Å². The van der Waals surface area contributed by atoms with Crippen LogP contribution in [0.3, 0.4) is 0 Å². The van der Waals surface area contributed by atoms with Crippen molar-refractivity contribution in [1.82, 2.24) is 4.90 Å². The summed E-state index contributed by atoms with van der Waals surface area (Å²) in [6, 6.07) is 17.1. The molecule has 0 radical (unpaired) electrons. The smallest absolute Gasteiger partial charge is 0.239 e. The molecule has 2 fully saturated rings. The second-order valence-electron chi connectivity index (χ2n) is 9.13. The fraction of sp³-hybridized carbons (Fsp3) is 0.440. The third-order valence-electron chi connectivity index (χ3n) is 7.05. The third-order valence-corrected chi connectivity index (χ3v) is 7.05. The van der Waals surface area contributed by atoms with E-state index in [2.05, 4.69) is 53.4 Å². The van der Waals surface area contributed by atoms with Crippen LogP contribution in [0.1, 0.15) is 61.1 Å². The molecule has 5 nitrogen and oxygen atoms in total. The van der Waals surface area contributed by atoms with E-state index in [1.165, 1.54) is 41.8 Å². The molecule has 30 heavy (non-hydrogen) atoms. The number of aliphatic imine (C=N–C) groups is 1. The van der Waals surface area contributed by atoms with Crippen LogP contribution in [0.4, 0.5) is 5.69 Å². The van der Waals surface area contributed by atoms with E-state index in [0.717, 1.165) is 24.2 Å². The molecule has 156 valence electrons. The van der Waals surface area contributed by atoms with Crippen LogP contribution in [0.5, 0.6) is 0 Å². The molecule has 3 aliphatic rings. The highest BCUT2D eigenvalue weighted by Crippen LogP contribution is 2.46. The summed E-state index contributed by atoms with van der Waals surface area (Å²) in [5.74, 6) is 0.563. The first kappa shape index (κ1) is 19.2. The molecular weight excluding hydrogens is 372 g/mol. The van der Waals surface area contributed by atoms with Crippen LogP contribution in [0.25, 0.3) is 0 Å². The summed E-state index contributed by atoms with van der Waals surface area (Å²) in [6.07, 6.45) is 5.00. The van der Waals surface area contributed by atoms with Gasteiger partial charge in [-0.3, -0.25) is 9.69 Å². The zero-order chi connectivity index (χ0) is 20.9. The molecule has 1 aliphatic carbocycles. The highest BCUT2D eigenvalue weighted by Gasteiger charge is 2.47. The van der Waals surface area contributed by atoms with Crippen LogP contribution >= 0.6 is 0 Å². The number of amides is 1. The lowest BCUT2D eigenvalue weighted by molar-refractivity contribution is -0.130. The Labute approximate surface area is 178 Å². The summed E-state index contributed by atoms with van der Waals surface area (Å²) in [5, 5.41) is 0. The number of benzene rings is 2. The third kappa shape index (κ3) is 3.17. The molecule has 2 aromatic rings. The molecule has 1 saturated heterocycles. The van der Waals surface area contributed by atoms with E-state index in [9.17, 15) is 4.79 Å². The molecule has 2 heterocycles. The number of carbonyl (C=O) groups excluding carboxylic acids is 1. The van der Waals surface area contributed by atoms with E-state index in [4.69, 9.17) is 10.7 Å². The molecule has 2 atom stereocenters. The van der Waals surface area contributed by atoms with Gasteiger partial charge in [-0.2, -0.15) is 0 Å². The van der Waals surface area contributed by atoms with Crippen molar-refractivity contribution in [2.24, 2.45) is 10.7 Å². The molecule has 0 aromatic heterocycles. The minimum absolute atomic E-state index is 0.00394. The molecular formula is C25H30N4O. The number of likely N-dealkylation sites (N-methyl/N-ethyl adjacent to an activating group) is 1. The minimum atomic E-state index is -0.746. The number of nitrogens with two attached hydrogens (primary N) is 1. The van der Waals surface area contributed by atoms with Gasteiger partial charge in [0.05, 0.1) is 5.92 Å². The van der Waals surface area contributed by atoms with Gasteiger partial charge in [-0.15, -0.1) is 0 Å². The molecule has 0 bridgehead atoms. The van der Waals surface area contributed by atoms with Crippen LogP contribution in [0, 0.1) is 0 Å². The fourth-order valence-corrected chi connectivity index (χ4v) is 4.99. The maximum atomic E-state index is 13.5. The van der Waals surface area contributed by atoms with Gasteiger partial charge in [0.25, 0.3) is 0 Å². The van der Waals surface area contributed by atoms with Crippen molar-refractivity contribution in [3.8, 4) is 0 Å². The zero-order valence-electron chi connectivity index (χ0n) is 17.8. The lowest BCUT2D eigenvalue weighted by Crippen LogP contribution is -2.52. The van der Waals surface area contributed by atoms with Crippen molar-refractivity contribution in [2.45, 2.75) is 50.0 Å². The van der Waals surface area contributed by atoms with Crippen LogP contribution < -0.4 is 10.6 Å². The van der Waals surface area contributed by atoms with Crippen molar-refractivity contribution < 1.29 is 4.79 Å². The van der Waals surface area contributed by atoms with Crippen molar-refractivity contribution in [1.29, 1.82) is 0 Å². The number of carbonyl (C=O) groups is 1. The summed E-state index contributed by atoms with van der Waals surface area (Å²) >= 11 is 0. The Balaban J connectivity index is 1.58. The van der Waals surface area contributed by atoms with E-state index in [0.29, 0.717) is 5.92 Å². The minimum Gasteiger partial charge on any atom is -0.372 e. The first-order valence-electron chi connectivity index (χ1n) is 11.1. The average molecular weight is 403 g/mol. The summed E-state index contributed by atoms with van der Waals surface area (Å²) in [5.41, 5.74) is 10.1. The SMILES string of the molecule is CN1C(=O)[C@H](c2ccc(C3CC3)cc2)[C@@](C)(c2cccc(N3CCCC3)c2)N=C1N. The molecule has 1 saturated carbocycles. The second kappa shape index (κ2) is 7.15. The van der Waals surface area contributed by atoms with Gasteiger partial charge in [-0.1, -0.05) is 36.4 Å². The molecule has 2 N–H and O–H groups in total. The van der Waals surface area contributed by atoms with Gasteiger partial charge in [0.15, 0.2) is 5.96 Å². The number of rotatable bonds is 4. The number of guanidine groups is 1. The zero-order valence-corrected chi connectivity index (χ0v) is 17.8. The second-order valence-corrected chi connectivity index (χ2v) is 9.13. The maximum absolute atomic E-state index is 13.5. The quantitative estimate of drug-likeness (QED) is 0.842. The summed E-state index contributed by atoms with van der Waals surface area (Å²) in [6.45, 7) is 4.21. The molecule has 0 spiro atoms. The Kier molecular flexibility index (Phi) is 4.57. The van der Waals surface area contributed by atoms with E-state index in [-0.39, 0.29) is 11.9 Å². The first-order chi connectivity index (χ1) is 14.5. The monoisotopic (exact) mass is 402 g/mol. The van der Waals surface area contributed by atoms with Crippen molar-refractivity contribution >= 4 is 17.6 Å². The van der Waals surface area contributed by atoms with Crippen LogP contribution in [0.2, 0.25) is 0 Å². The predicted molar refractivity (Wildman–Crippen MR) is 121 cm³/mol. The number of hydrogen-bond acceptors (Lipinski definition) is 4. The molecule has 2 aromatic carbocycles. The molecule has 2 aliphatic heterocycles. The normalized spacial score (nSPS) is 26.8. The lowest BCUT2D eigenvalue weighted by Gasteiger charge is -2.41. The fourth-order valence-electron chi connectivity index (χ4n) is 4.99. The predicted octanol–water partition coefficient (Wildman–Crippen LogP) is 3.95. The summed E-state index contributed by atoms with van der Waals surface area (Å²) in [7, 11) is 1.72. The largest absolute Gasteiger partial charge is 0.372 e. The van der Waals surface area contributed by atoms with Crippen LogP contribution in [-0.2, 0) is 10.3 Å². The highest BCUT2D eigenvalue weighted by atomic mass is 16.2. The maximum Gasteiger partial charge on any atom is 0.239 e. The molecule has 0 unspecified atom stereocenters. The summed E-state index contributed by atoms with van der Waals surface area (Å²) < 4.78 is 0. The molecule has 1 amide bonds. The van der Waals surface area contributed by atoms with Crippen LogP contribution in [0.15, 0.2) is 53.5 Å². The van der Waals surface area contributed by atoms with Gasteiger partial charge in [0.2, 0.25) is 5.91 Å². The summed E-state index contributed by atoms with van der Waals surface area (Å²) in [4.78, 5) is 22.2. The number of nitrogens with zero attached hydrogens (tertiary/aromatic N) is 3. The standard InChI is InChI=1S/C25H30N4O/c1-25(20-6-5-7-21(16-20)29-14-3-4-15-29)22(23(30)28(2)24(26)27-25)19-12-10-18(11-13-19)17-8-9-17/h5-7,10-13,16-17,22H,3-4,8-9,14-15H2,1-2H3,(H2,26,27)/t22-,25+/m0/s1. The average Bonchev–Trinajstić information content (AvgIpc) is 3.46. The number of hydrogen-bond donors (Lipinski definition) is 1. The van der Waals surface area contributed by atoms with E-state index < -0.39 is 11.5 Å². The Bertz CT molecular complexity index is 988. The molecule has 5 rings (SSSR count). The van der Waals surface area contributed by atoms with Gasteiger partial charge in [-0.25, -0.2) is 4.99 Å². The Morgan fingerprint density at radius 2 is 1.70 bits per heavy atom. The van der Waals surface area contributed by atoms with E-state index in [1.54, 1.807) is 7.05 Å². The van der Waals surface area contributed by atoms with Crippen LogP contribution in [-0.4, -0.2) is 36.9 Å². The number of anilines is 1. The van der Waals surface area contributed by atoms with Crippen molar-refractivity contribution in [3.05, 3.63) is 65.2 Å². The first-order valence-corrected chi connectivity index (χ1v) is 11.1. The topological polar surface area (TPSA) is 61.9 Å². The highest BCUT2D eigenvalue weighted by molar-refractivity contribution is 6.02. The van der Waals surface area contributed by atoms with E-state index in [1.807, 2.05) is 6.92 Å². The Morgan fingerprint density at radius 1 is 1.03 bits per heavy atom. The van der Waals surface area contributed by atoms with Crippen molar-refractivity contribution in [2.75, 3.05) is 25.0 Å². The van der Waals surface area contributed by atoms with E-state index >= 15 is 0 Å².